The van der Waals surface area contributed by atoms with Crippen LogP contribution in [0.25, 0.3) is 5.69 Å². The first-order chi connectivity index (χ1) is 15.7. The van der Waals surface area contributed by atoms with E-state index in [9.17, 15) is 21.6 Å². The number of nitrogens with one attached hydrogen (secondary N) is 1. The average molecular weight is 480 g/mol. The van der Waals surface area contributed by atoms with Gasteiger partial charge in [-0.1, -0.05) is 6.07 Å². The highest BCUT2D eigenvalue weighted by Gasteiger charge is 2.40. The topological polar surface area (TPSA) is 85.7 Å². The van der Waals surface area contributed by atoms with Gasteiger partial charge in [-0.05, 0) is 30.3 Å². The zero-order chi connectivity index (χ0) is 23.4. The molecule has 3 aromatic rings. The molecule has 0 radical (unpaired) electrons. The Labute approximate surface area is 187 Å². The van der Waals surface area contributed by atoms with E-state index in [1.165, 1.54) is 36.0 Å². The van der Waals surface area contributed by atoms with E-state index in [4.69, 9.17) is 9.47 Å². The molecule has 0 unspecified atom stereocenters. The van der Waals surface area contributed by atoms with E-state index in [-0.39, 0.29) is 29.5 Å². The predicted molar refractivity (Wildman–Crippen MR) is 112 cm³/mol. The van der Waals surface area contributed by atoms with Crippen molar-refractivity contribution in [1.29, 1.82) is 0 Å². The van der Waals surface area contributed by atoms with Crippen LogP contribution < -0.4 is 19.1 Å². The van der Waals surface area contributed by atoms with Gasteiger partial charge in [-0.25, -0.2) is 13.1 Å². The van der Waals surface area contributed by atoms with Crippen LogP contribution in [0.1, 0.15) is 17.0 Å². The van der Waals surface area contributed by atoms with Gasteiger partial charge in [-0.3, -0.25) is 4.31 Å². The summed E-state index contributed by atoms with van der Waals surface area (Å²) in [7, 11) is -2.63. The van der Waals surface area contributed by atoms with Crippen LogP contribution in [0.3, 0.4) is 0 Å². The smallest absolute Gasteiger partial charge is 0.435 e. The zero-order valence-electron chi connectivity index (χ0n) is 17.4. The van der Waals surface area contributed by atoms with Crippen LogP contribution in [-0.4, -0.2) is 38.6 Å². The minimum atomic E-state index is -4.61. The summed E-state index contributed by atoms with van der Waals surface area (Å²) in [6, 6.07) is 10.5. The summed E-state index contributed by atoms with van der Waals surface area (Å²) in [4.78, 5) is -0.0769. The number of halogens is 3. The maximum Gasteiger partial charge on any atom is 0.435 e. The molecule has 0 bridgehead atoms. The molecule has 33 heavy (non-hydrogen) atoms. The molecule has 12 heteroatoms. The summed E-state index contributed by atoms with van der Waals surface area (Å²) in [5.74, 6) is 0.949. The van der Waals surface area contributed by atoms with Crippen molar-refractivity contribution in [2.24, 2.45) is 0 Å². The van der Waals surface area contributed by atoms with Gasteiger partial charge in [0.1, 0.15) is 0 Å². The van der Waals surface area contributed by atoms with Crippen LogP contribution in [0.5, 0.6) is 11.5 Å². The minimum Gasteiger partial charge on any atom is -0.454 e. The summed E-state index contributed by atoms with van der Waals surface area (Å²) in [5, 5.41) is 6.74. The van der Waals surface area contributed by atoms with Crippen LogP contribution in [0, 0.1) is 0 Å². The number of alkyl halides is 3. The molecule has 1 N–H and O–H groups in total. The standard InChI is InChI=1S/C21H19F3N4O4S/c1-27(13-5-6-18-19(10-13)32-12-31-18)33(29,30)15-4-2-3-14(9-15)28-17-7-8-25-11-16(17)20(26-28)21(22,23)24/h2-6,9-10,25H,7-8,11-12H2,1H3. The number of hydrogen-bond donors (Lipinski definition) is 1. The molecule has 2 aliphatic rings. The third-order valence-corrected chi connectivity index (χ3v) is 7.42. The van der Waals surface area contributed by atoms with Gasteiger partial charge in [0.2, 0.25) is 6.79 Å². The number of nitrogens with zero attached hydrogens (tertiary/aromatic N) is 3. The first-order valence-electron chi connectivity index (χ1n) is 10.0. The first kappa shape index (κ1) is 21.6. The van der Waals surface area contributed by atoms with Crippen LogP contribution in [-0.2, 0) is 29.2 Å². The second kappa shape index (κ2) is 7.66. The summed E-state index contributed by atoms with van der Waals surface area (Å²) in [6.07, 6.45) is -4.27. The van der Waals surface area contributed by atoms with E-state index >= 15 is 0 Å². The summed E-state index contributed by atoms with van der Waals surface area (Å²) in [5.41, 5.74) is 0.130. The fourth-order valence-corrected chi connectivity index (χ4v) is 5.17. The van der Waals surface area contributed by atoms with Crippen molar-refractivity contribution >= 4 is 15.7 Å². The number of aromatic nitrogens is 2. The summed E-state index contributed by atoms with van der Waals surface area (Å²) < 4.78 is 80.1. The highest BCUT2D eigenvalue weighted by atomic mass is 32.2. The van der Waals surface area contributed by atoms with Gasteiger partial charge in [0, 0.05) is 38.2 Å². The third kappa shape index (κ3) is 3.68. The fourth-order valence-electron chi connectivity index (χ4n) is 3.94. The highest BCUT2D eigenvalue weighted by molar-refractivity contribution is 7.92. The number of benzene rings is 2. The molecule has 1 aromatic heterocycles. The molecule has 0 atom stereocenters. The van der Waals surface area contributed by atoms with Gasteiger partial charge in [0.25, 0.3) is 10.0 Å². The van der Waals surface area contributed by atoms with Crippen LogP contribution >= 0.6 is 0 Å². The molecule has 0 saturated heterocycles. The van der Waals surface area contributed by atoms with E-state index in [2.05, 4.69) is 10.4 Å². The number of fused-ring (bicyclic) bond motifs is 2. The Morgan fingerprint density at radius 2 is 1.91 bits per heavy atom. The van der Waals surface area contributed by atoms with Crippen molar-refractivity contribution in [1.82, 2.24) is 15.1 Å². The molecule has 2 aliphatic heterocycles. The Morgan fingerprint density at radius 3 is 2.70 bits per heavy atom. The lowest BCUT2D eigenvalue weighted by molar-refractivity contribution is -0.142. The first-order valence-corrected chi connectivity index (χ1v) is 11.5. The third-order valence-electron chi connectivity index (χ3n) is 5.64. The molecule has 5 rings (SSSR count). The second-order valence-corrected chi connectivity index (χ2v) is 9.59. The molecule has 0 aliphatic carbocycles. The van der Waals surface area contributed by atoms with E-state index in [0.717, 1.165) is 4.31 Å². The molecule has 3 heterocycles. The maximum atomic E-state index is 13.5. The van der Waals surface area contributed by atoms with Gasteiger partial charge >= 0.3 is 6.18 Å². The van der Waals surface area contributed by atoms with Crippen molar-refractivity contribution in [2.75, 3.05) is 24.7 Å². The van der Waals surface area contributed by atoms with Gasteiger partial charge in [-0.2, -0.15) is 18.3 Å². The van der Waals surface area contributed by atoms with Crippen LogP contribution in [0.15, 0.2) is 47.4 Å². The Bertz CT molecular complexity index is 1340. The SMILES string of the molecule is CN(c1ccc2c(c1)OCO2)S(=O)(=O)c1cccc(-n2nc(C(F)(F)F)c3c2CCNC3)c1. The number of rotatable bonds is 4. The Morgan fingerprint density at radius 1 is 1.12 bits per heavy atom. The van der Waals surface area contributed by atoms with Gasteiger partial charge in [0.15, 0.2) is 17.2 Å². The molecular formula is C21H19F3N4O4S. The van der Waals surface area contributed by atoms with Crippen LogP contribution in [0.4, 0.5) is 18.9 Å². The van der Waals surface area contributed by atoms with Crippen molar-refractivity contribution in [3.8, 4) is 17.2 Å². The van der Waals surface area contributed by atoms with Crippen molar-refractivity contribution in [2.45, 2.75) is 24.0 Å². The van der Waals surface area contributed by atoms with Crippen molar-refractivity contribution in [3.63, 3.8) is 0 Å². The molecule has 0 amide bonds. The largest absolute Gasteiger partial charge is 0.454 e. The van der Waals surface area contributed by atoms with E-state index in [1.54, 1.807) is 18.2 Å². The normalized spacial score (nSPS) is 15.4. The average Bonchev–Trinajstić information content (AvgIpc) is 3.42. The fraction of sp³-hybridized carbons (Fsp3) is 0.286. The lowest BCUT2D eigenvalue weighted by Gasteiger charge is -2.20. The number of hydrogen-bond acceptors (Lipinski definition) is 6. The second-order valence-electron chi connectivity index (χ2n) is 7.62. The Hall–Kier alpha value is -3.25. The molecular weight excluding hydrogens is 461 g/mol. The number of anilines is 1. The molecule has 0 saturated carbocycles. The molecule has 0 fully saturated rings. The monoisotopic (exact) mass is 480 g/mol. The van der Waals surface area contributed by atoms with Crippen LogP contribution in [0.2, 0.25) is 0 Å². The molecule has 2 aromatic carbocycles. The predicted octanol–water partition coefficient (Wildman–Crippen LogP) is 3.09. The van der Waals surface area contributed by atoms with Gasteiger partial charge in [-0.15, -0.1) is 0 Å². The van der Waals surface area contributed by atoms with Gasteiger partial charge in [0.05, 0.1) is 22.0 Å². The lowest BCUT2D eigenvalue weighted by Crippen LogP contribution is -2.27. The molecule has 0 spiro atoms. The van der Waals surface area contributed by atoms with E-state index in [1.807, 2.05) is 0 Å². The minimum absolute atomic E-state index is 0.0506. The number of ether oxygens (including phenoxy) is 2. The van der Waals surface area contributed by atoms with Crippen molar-refractivity contribution in [3.05, 3.63) is 59.4 Å². The summed E-state index contributed by atoms with van der Waals surface area (Å²) >= 11 is 0. The Balaban J connectivity index is 1.54. The highest BCUT2D eigenvalue weighted by Crippen LogP contribution is 2.37. The van der Waals surface area contributed by atoms with Gasteiger partial charge < -0.3 is 14.8 Å². The lowest BCUT2D eigenvalue weighted by atomic mass is 10.1. The zero-order valence-corrected chi connectivity index (χ0v) is 18.2. The molecule has 174 valence electrons. The Kier molecular flexibility index (Phi) is 5.01. The maximum absolute atomic E-state index is 13.5. The molecule has 8 nitrogen and oxygen atoms in total. The van der Waals surface area contributed by atoms with E-state index < -0.39 is 21.9 Å². The van der Waals surface area contributed by atoms with E-state index in [0.29, 0.717) is 35.8 Å². The quantitative estimate of drug-likeness (QED) is 0.618. The summed E-state index contributed by atoms with van der Waals surface area (Å²) in [6.45, 7) is 0.608. The van der Waals surface area contributed by atoms with Crippen molar-refractivity contribution < 1.29 is 31.1 Å². The number of sulfonamides is 1.